The number of hydrogen-bond donors (Lipinski definition) is 0. The lowest BCUT2D eigenvalue weighted by molar-refractivity contribution is 0.415. The van der Waals surface area contributed by atoms with Gasteiger partial charge < -0.3 is 9.47 Å². The summed E-state index contributed by atoms with van der Waals surface area (Å²) in [6, 6.07) is 19.1. The van der Waals surface area contributed by atoms with Crippen LogP contribution in [-0.4, -0.2) is 47.9 Å². The van der Waals surface area contributed by atoms with Gasteiger partial charge in [0.2, 0.25) is 0 Å². The number of halogens is 3. The predicted octanol–water partition coefficient (Wildman–Crippen LogP) is 10.0. The van der Waals surface area contributed by atoms with Gasteiger partial charge >= 0.3 is 0 Å². The first kappa shape index (κ1) is 33.5. The van der Waals surface area contributed by atoms with Gasteiger partial charge in [0.15, 0.2) is 0 Å². The molecule has 50 heavy (non-hydrogen) atoms. The molecule has 5 heterocycles. The summed E-state index contributed by atoms with van der Waals surface area (Å²) in [6.07, 6.45) is 1.79. The van der Waals surface area contributed by atoms with Crippen molar-refractivity contribution in [3.05, 3.63) is 110 Å². The van der Waals surface area contributed by atoms with E-state index in [1.807, 2.05) is 95.3 Å². The van der Waals surface area contributed by atoms with Crippen LogP contribution in [0.4, 0.5) is 0 Å². The standard InChI is InChI=1S/C19H15Cl2N3O.C19H17ClN4O/c1-10-18-11(2)23-19(12-6-4-5-7-13(12)20)24(18)16-8-14(21)17(25-3)9-15(16)22-10;1-10-13(6-5-7-21-10)19-23-12(3)18-11(2)22-15-9-17(25-4)14(20)8-16(15)24(18)19/h4-9H,1-3H3;5-9H,1-4H3. The van der Waals surface area contributed by atoms with Crippen molar-refractivity contribution in [3.8, 4) is 34.3 Å². The van der Waals surface area contributed by atoms with Crippen LogP contribution in [-0.2, 0) is 0 Å². The molecule has 8 aromatic rings. The zero-order valence-corrected chi connectivity index (χ0v) is 30.7. The fourth-order valence-corrected chi connectivity index (χ4v) is 7.17. The van der Waals surface area contributed by atoms with Gasteiger partial charge in [0.05, 0.1) is 85.2 Å². The van der Waals surface area contributed by atoms with Crippen molar-refractivity contribution in [1.29, 1.82) is 0 Å². The summed E-state index contributed by atoms with van der Waals surface area (Å²) < 4.78 is 14.8. The van der Waals surface area contributed by atoms with Crippen molar-refractivity contribution >= 4 is 67.9 Å². The number of imidazole rings is 2. The molecule has 0 saturated carbocycles. The maximum atomic E-state index is 6.42. The largest absolute Gasteiger partial charge is 0.495 e. The normalized spacial score (nSPS) is 11.4. The molecule has 252 valence electrons. The van der Waals surface area contributed by atoms with Crippen molar-refractivity contribution in [2.45, 2.75) is 34.6 Å². The Hall–Kier alpha value is -4.96. The fourth-order valence-electron chi connectivity index (χ4n) is 6.48. The molecule has 8 rings (SSSR count). The van der Waals surface area contributed by atoms with Crippen LogP contribution in [0.1, 0.15) is 28.5 Å². The van der Waals surface area contributed by atoms with E-state index < -0.39 is 0 Å². The van der Waals surface area contributed by atoms with E-state index in [1.165, 1.54) is 0 Å². The molecule has 12 heteroatoms. The van der Waals surface area contributed by atoms with Gasteiger partial charge in [-0.1, -0.05) is 46.9 Å². The third-order valence-electron chi connectivity index (χ3n) is 8.71. The van der Waals surface area contributed by atoms with E-state index in [0.717, 1.165) is 84.3 Å². The van der Waals surface area contributed by atoms with E-state index in [-0.39, 0.29) is 0 Å². The monoisotopic (exact) mass is 723 g/mol. The number of hydrogen-bond acceptors (Lipinski definition) is 7. The van der Waals surface area contributed by atoms with Crippen molar-refractivity contribution < 1.29 is 9.47 Å². The Morgan fingerprint density at radius 2 is 0.980 bits per heavy atom. The average Bonchev–Trinajstić information content (AvgIpc) is 3.63. The molecule has 0 aliphatic heterocycles. The van der Waals surface area contributed by atoms with Crippen LogP contribution in [0.25, 0.3) is 55.9 Å². The number of aromatic nitrogens is 7. The van der Waals surface area contributed by atoms with Crippen molar-refractivity contribution in [1.82, 2.24) is 33.7 Å². The van der Waals surface area contributed by atoms with Crippen LogP contribution in [0, 0.1) is 34.6 Å². The molecule has 0 unspecified atom stereocenters. The van der Waals surface area contributed by atoms with Crippen LogP contribution in [0.5, 0.6) is 11.5 Å². The van der Waals surface area contributed by atoms with E-state index in [1.54, 1.807) is 20.4 Å². The maximum Gasteiger partial charge on any atom is 0.147 e. The van der Waals surface area contributed by atoms with Gasteiger partial charge in [-0.3, -0.25) is 13.8 Å². The molecule has 0 saturated heterocycles. The van der Waals surface area contributed by atoms with Gasteiger partial charge in [-0.25, -0.2) is 19.9 Å². The van der Waals surface area contributed by atoms with Crippen molar-refractivity contribution in [2.24, 2.45) is 0 Å². The molecular formula is C38H32Cl3N7O2. The van der Waals surface area contributed by atoms with Gasteiger partial charge in [0.25, 0.3) is 0 Å². The summed E-state index contributed by atoms with van der Waals surface area (Å²) in [6.45, 7) is 9.92. The number of benzene rings is 3. The number of aryl methyl sites for hydroxylation is 5. The molecular weight excluding hydrogens is 693 g/mol. The smallest absolute Gasteiger partial charge is 0.147 e. The first-order valence-corrected chi connectivity index (χ1v) is 16.9. The molecule has 0 bridgehead atoms. The lowest BCUT2D eigenvalue weighted by Crippen LogP contribution is -1.99. The topological polar surface area (TPSA) is 91.7 Å². The highest BCUT2D eigenvalue weighted by molar-refractivity contribution is 6.33. The van der Waals surface area contributed by atoms with Gasteiger partial charge in [-0.2, -0.15) is 0 Å². The predicted molar refractivity (Wildman–Crippen MR) is 201 cm³/mol. The molecule has 0 radical (unpaired) electrons. The summed E-state index contributed by atoms with van der Waals surface area (Å²) in [4.78, 5) is 23.4. The SMILES string of the molecule is COc1cc2nc(C)c3c(C)nc(-c4ccccc4Cl)n3c2cc1Cl.COc1cc2nc(C)c3c(C)nc(-c4cccnc4C)n3c2cc1Cl. The third-order valence-corrected chi connectivity index (χ3v) is 9.63. The average molecular weight is 725 g/mol. The summed E-state index contributed by atoms with van der Waals surface area (Å²) in [5.74, 6) is 2.82. The number of ether oxygens (including phenoxy) is 2. The summed E-state index contributed by atoms with van der Waals surface area (Å²) in [5, 5.41) is 1.72. The second-order valence-electron chi connectivity index (χ2n) is 11.9. The number of pyridine rings is 1. The zero-order valence-electron chi connectivity index (χ0n) is 28.4. The molecule has 0 amide bonds. The Morgan fingerprint density at radius 3 is 1.46 bits per heavy atom. The third kappa shape index (κ3) is 5.55. The van der Waals surface area contributed by atoms with Gasteiger partial charge in [-0.05, 0) is 71.0 Å². The van der Waals surface area contributed by atoms with E-state index in [2.05, 4.69) is 13.8 Å². The van der Waals surface area contributed by atoms with Gasteiger partial charge in [-0.15, -0.1) is 0 Å². The van der Waals surface area contributed by atoms with E-state index >= 15 is 0 Å². The number of fused-ring (bicyclic) bond motifs is 6. The van der Waals surface area contributed by atoms with Gasteiger partial charge in [0, 0.05) is 35.2 Å². The highest BCUT2D eigenvalue weighted by Gasteiger charge is 2.20. The molecule has 0 aliphatic rings. The zero-order chi connectivity index (χ0) is 35.4. The van der Waals surface area contributed by atoms with E-state index in [9.17, 15) is 0 Å². The van der Waals surface area contributed by atoms with E-state index in [4.69, 9.17) is 64.2 Å². The number of methoxy groups -OCH3 is 2. The first-order valence-electron chi connectivity index (χ1n) is 15.7. The fraction of sp³-hybridized carbons (Fsp3) is 0.184. The second-order valence-corrected chi connectivity index (χ2v) is 13.1. The number of nitrogens with zero attached hydrogens (tertiary/aromatic N) is 7. The second kappa shape index (κ2) is 13.1. The highest BCUT2D eigenvalue weighted by atomic mass is 35.5. The maximum absolute atomic E-state index is 6.42. The molecule has 0 N–H and O–H groups in total. The van der Waals surface area contributed by atoms with Crippen LogP contribution >= 0.6 is 34.8 Å². The summed E-state index contributed by atoms with van der Waals surface area (Å²) >= 11 is 19.2. The van der Waals surface area contributed by atoms with Crippen LogP contribution in [0.2, 0.25) is 15.1 Å². The Kier molecular flexibility index (Phi) is 8.76. The Balaban J connectivity index is 0.000000157. The van der Waals surface area contributed by atoms with Crippen LogP contribution in [0.15, 0.2) is 66.9 Å². The van der Waals surface area contributed by atoms with Crippen LogP contribution in [0.3, 0.4) is 0 Å². The molecule has 0 atom stereocenters. The number of rotatable bonds is 4. The van der Waals surface area contributed by atoms with E-state index in [0.29, 0.717) is 26.6 Å². The Bertz CT molecular complexity index is 2450. The minimum Gasteiger partial charge on any atom is -0.495 e. The lowest BCUT2D eigenvalue weighted by Gasteiger charge is -2.11. The molecule has 9 nitrogen and oxygen atoms in total. The summed E-state index contributed by atoms with van der Waals surface area (Å²) in [7, 11) is 3.19. The minimum atomic E-state index is 0.526. The molecule has 0 fully saturated rings. The van der Waals surface area contributed by atoms with Crippen molar-refractivity contribution in [3.63, 3.8) is 0 Å². The summed E-state index contributed by atoms with van der Waals surface area (Å²) in [5.41, 5.74) is 11.7. The lowest BCUT2D eigenvalue weighted by atomic mass is 10.2. The quantitative estimate of drug-likeness (QED) is 0.178. The Morgan fingerprint density at radius 1 is 0.520 bits per heavy atom. The first-order chi connectivity index (χ1) is 24.0. The van der Waals surface area contributed by atoms with Crippen LogP contribution < -0.4 is 9.47 Å². The van der Waals surface area contributed by atoms with Gasteiger partial charge in [0.1, 0.15) is 23.1 Å². The Labute approximate surface area is 303 Å². The molecule has 3 aromatic carbocycles. The molecule has 0 spiro atoms. The molecule has 5 aromatic heterocycles. The van der Waals surface area contributed by atoms with Crippen molar-refractivity contribution in [2.75, 3.05) is 14.2 Å². The minimum absolute atomic E-state index is 0.526. The highest BCUT2D eigenvalue weighted by Crippen LogP contribution is 2.36. The molecule has 0 aliphatic carbocycles.